The van der Waals surface area contributed by atoms with E-state index in [2.05, 4.69) is 97.2 Å². The molecule has 0 unspecified atom stereocenters. The van der Waals surface area contributed by atoms with E-state index in [-0.39, 0.29) is 0 Å². The highest BCUT2D eigenvalue weighted by molar-refractivity contribution is 5.91. The Morgan fingerprint density at radius 3 is 2.64 bits per heavy atom. The number of nitrogens with one attached hydrogen (secondary N) is 1. The van der Waals surface area contributed by atoms with E-state index in [1.165, 1.54) is 108 Å². The summed E-state index contributed by atoms with van der Waals surface area (Å²) in [7, 11) is 0. The second kappa shape index (κ2) is 13.3. The molecular formula is C37H46N2. The summed E-state index contributed by atoms with van der Waals surface area (Å²) in [6, 6.07) is 18.1. The lowest BCUT2D eigenvalue weighted by Gasteiger charge is -2.32. The molecule has 1 fully saturated rings. The largest absolute Gasteiger partial charge is 0.361 e. The van der Waals surface area contributed by atoms with E-state index >= 15 is 0 Å². The van der Waals surface area contributed by atoms with Crippen molar-refractivity contribution in [2.75, 3.05) is 13.1 Å². The molecule has 1 N–H and O–H groups in total. The maximum absolute atomic E-state index is 3.94. The molecule has 0 spiro atoms. The molecule has 0 saturated carbocycles. The number of piperidine rings is 1. The zero-order chi connectivity index (χ0) is 27.0. The van der Waals surface area contributed by atoms with E-state index in [4.69, 9.17) is 0 Å². The van der Waals surface area contributed by atoms with Crippen molar-refractivity contribution < 1.29 is 0 Å². The first-order valence-electron chi connectivity index (χ1n) is 15.3. The Morgan fingerprint density at radius 2 is 1.82 bits per heavy atom. The minimum Gasteiger partial charge on any atom is -0.361 e. The fraction of sp³-hybridized carbons (Fsp3) is 0.405. The van der Waals surface area contributed by atoms with Crippen LogP contribution >= 0.6 is 0 Å². The summed E-state index contributed by atoms with van der Waals surface area (Å²) in [4.78, 5) is 6.15. The van der Waals surface area contributed by atoms with Gasteiger partial charge in [-0.3, -0.25) is 4.90 Å². The van der Waals surface area contributed by atoms with Gasteiger partial charge in [0.25, 0.3) is 0 Å². The van der Waals surface area contributed by atoms with Gasteiger partial charge >= 0.3 is 0 Å². The van der Waals surface area contributed by atoms with Gasteiger partial charge < -0.3 is 4.98 Å². The molecule has 1 aromatic heterocycles. The van der Waals surface area contributed by atoms with Crippen LogP contribution in [-0.4, -0.2) is 23.0 Å². The van der Waals surface area contributed by atoms with Crippen LogP contribution in [0.15, 0.2) is 73.5 Å². The van der Waals surface area contributed by atoms with Crippen LogP contribution in [-0.2, 0) is 19.4 Å². The Morgan fingerprint density at radius 1 is 0.974 bits per heavy atom. The van der Waals surface area contributed by atoms with Crippen molar-refractivity contribution in [2.45, 2.75) is 78.2 Å². The van der Waals surface area contributed by atoms with Gasteiger partial charge in [0.05, 0.1) is 0 Å². The smallest absolute Gasteiger partial charge is 0.0487 e. The molecule has 204 valence electrons. The Kier molecular flexibility index (Phi) is 9.37. The van der Waals surface area contributed by atoms with Crippen molar-refractivity contribution in [3.05, 3.63) is 101 Å². The zero-order valence-corrected chi connectivity index (χ0v) is 24.1. The lowest BCUT2D eigenvalue weighted by molar-refractivity contribution is 0.173. The topological polar surface area (TPSA) is 19.0 Å². The van der Waals surface area contributed by atoms with Gasteiger partial charge in [-0.25, -0.2) is 0 Å². The highest BCUT2D eigenvalue weighted by Crippen LogP contribution is 2.29. The fourth-order valence-corrected chi connectivity index (χ4v) is 6.55. The number of aryl methyl sites for hydroxylation is 3. The first-order chi connectivity index (χ1) is 19.2. The van der Waals surface area contributed by atoms with Crippen molar-refractivity contribution in [2.24, 2.45) is 5.92 Å². The molecule has 0 radical (unpaired) electrons. The van der Waals surface area contributed by atoms with Gasteiger partial charge in [0, 0.05) is 23.6 Å². The minimum atomic E-state index is 0.886. The predicted octanol–water partition coefficient (Wildman–Crippen LogP) is 9.80. The maximum atomic E-state index is 3.94. The average Bonchev–Trinajstić information content (AvgIpc) is 3.47. The number of benzene rings is 3. The standard InChI is InChI=1S/C37H46N2/c1-4-31-15-12-16-33-26-30(17-18-34(31)33)14-11-9-7-6-8-10-13-29-20-23-39(24-21-29)27-36-32(5-2)25-28(3)37-35(36)19-22-38-37/h4,6,8,12,15-19,22,25-26,29,38H,1,5,7,9-11,13-14,20-21,23-24,27H2,2-3H3/b8-6+. The number of allylic oxidation sites excluding steroid dienone is 2. The normalized spacial score (nSPS) is 15.1. The van der Waals surface area contributed by atoms with Crippen LogP contribution < -0.4 is 0 Å². The molecule has 0 atom stereocenters. The second-order valence-electron chi connectivity index (χ2n) is 11.6. The number of rotatable bonds is 12. The van der Waals surface area contributed by atoms with Gasteiger partial charge in [0.1, 0.15) is 0 Å². The Balaban J connectivity index is 0.990. The molecule has 4 aromatic rings. The van der Waals surface area contributed by atoms with Crippen LogP contribution in [0.2, 0.25) is 0 Å². The first kappa shape index (κ1) is 27.5. The summed E-state index contributed by atoms with van der Waals surface area (Å²) in [5, 5.41) is 4.06. The van der Waals surface area contributed by atoms with Gasteiger partial charge in [-0.2, -0.15) is 0 Å². The number of hydrogen-bond acceptors (Lipinski definition) is 1. The summed E-state index contributed by atoms with van der Waals surface area (Å²) in [5.74, 6) is 0.886. The van der Waals surface area contributed by atoms with Crippen LogP contribution in [0.25, 0.3) is 27.8 Å². The maximum Gasteiger partial charge on any atom is 0.0487 e. The van der Waals surface area contributed by atoms with Gasteiger partial charge in [0.2, 0.25) is 0 Å². The number of fused-ring (bicyclic) bond motifs is 2. The molecule has 1 aliphatic rings. The van der Waals surface area contributed by atoms with Crippen molar-refractivity contribution in [3.8, 4) is 0 Å². The summed E-state index contributed by atoms with van der Waals surface area (Å²) in [6.45, 7) is 12.0. The predicted molar refractivity (Wildman–Crippen MR) is 170 cm³/mol. The lowest BCUT2D eigenvalue weighted by Crippen LogP contribution is -2.33. The molecule has 2 nitrogen and oxygen atoms in total. The van der Waals surface area contributed by atoms with Crippen molar-refractivity contribution in [1.29, 1.82) is 0 Å². The minimum absolute atomic E-state index is 0.886. The van der Waals surface area contributed by atoms with Gasteiger partial charge in [0.15, 0.2) is 0 Å². The molecule has 2 heterocycles. The number of hydrogen-bond donors (Lipinski definition) is 1. The quantitative estimate of drug-likeness (QED) is 0.146. The molecule has 5 rings (SSSR count). The van der Waals surface area contributed by atoms with E-state index < -0.39 is 0 Å². The molecule has 39 heavy (non-hydrogen) atoms. The molecule has 2 heteroatoms. The highest BCUT2D eigenvalue weighted by Gasteiger charge is 2.20. The zero-order valence-electron chi connectivity index (χ0n) is 24.1. The number of unbranched alkanes of at least 4 members (excludes halogenated alkanes) is 2. The number of nitrogens with zero attached hydrogens (tertiary/aromatic N) is 1. The van der Waals surface area contributed by atoms with Gasteiger partial charge in [-0.1, -0.05) is 74.2 Å². The van der Waals surface area contributed by atoms with Crippen molar-refractivity contribution in [3.63, 3.8) is 0 Å². The molecule has 0 bridgehead atoms. The molecule has 1 aliphatic heterocycles. The summed E-state index contributed by atoms with van der Waals surface area (Å²) >= 11 is 0. The monoisotopic (exact) mass is 518 g/mol. The second-order valence-corrected chi connectivity index (χ2v) is 11.6. The summed E-state index contributed by atoms with van der Waals surface area (Å²) < 4.78 is 0. The molecule has 0 aliphatic carbocycles. The highest BCUT2D eigenvalue weighted by atomic mass is 15.1. The van der Waals surface area contributed by atoms with Gasteiger partial charge in [-0.05, 0) is 128 Å². The number of H-pyrrole nitrogens is 1. The lowest BCUT2D eigenvalue weighted by atomic mass is 9.91. The van der Waals surface area contributed by atoms with Crippen LogP contribution in [0.5, 0.6) is 0 Å². The van der Waals surface area contributed by atoms with E-state index in [9.17, 15) is 0 Å². The SMILES string of the molecule is C=Cc1cccc2cc(CCCC/C=C/CCC3CCN(Cc4c(CC)cc(C)c5[nH]ccc45)CC3)ccc12. The number of aromatic amines is 1. The summed E-state index contributed by atoms with van der Waals surface area (Å²) in [5.41, 5.74) is 8.43. The van der Waals surface area contributed by atoms with E-state index in [1.807, 2.05) is 6.08 Å². The number of aromatic nitrogens is 1. The fourth-order valence-electron chi connectivity index (χ4n) is 6.55. The van der Waals surface area contributed by atoms with Crippen molar-refractivity contribution >= 4 is 27.8 Å². The average molecular weight is 519 g/mol. The van der Waals surface area contributed by atoms with E-state index in [1.54, 1.807) is 5.56 Å². The molecule has 0 amide bonds. The van der Waals surface area contributed by atoms with E-state index in [0.29, 0.717) is 0 Å². The van der Waals surface area contributed by atoms with Crippen LogP contribution in [0, 0.1) is 12.8 Å². The third-order valence-electron chi connectivity index (χ3n) is 8.91. The Bertz CT molecular complexity index is 1410. The Labute approximate surface area is 235 Å². The third-order valence-corrected chi connectivity index (χ3v) is 8.91. The van der Waals surface area contributed by atoms with Crippen LogP contribution in [0.4, 0.5) is 0 Å². The molecule has 1 saturated heterocycles. The number of likely N-dealkylation sites (tertiary alicyclic amines) is 1. The van der Waals surface area contributed by atoms with E-state index in [0.717, 1.165) is 18.9 Å². The van der Waals surface area contributed by atoms with Crippen LogP contribution in [0.1, 0.15) is 79.7 Å². The first-order valence-corrected chi connectivity index (χ1v) is 15.3. The van der Waals surface area contributed by atoms with Crippen molar-refractivity contribution in [1.82, 2.24) is 9.88 Å². The molecule has 3 aromatic carbocycles. The Hall–Kier alpha value is -3.10. The summed E-state index contributed by atoms with van der Waals surface area (Å²) in [6.07, 6.45) is 20.2. The van der Waals surface area contributed by atoms with Gasteiger partial charge in [-0.15, -0.1) is 0 Å². The molecular weight excluding hydrogens is 472 g/mol. The van der Waals surface area contributed by atoms with Crippen LogP contribution in [0.3, 0.4) is 0 Å². The third kappa shape index (κ3) is 6.73.